The van der Waals surface area contributed by atoms with Crippen LogP contribution in [0.3, 0.4) is 0 Å². The molecule has 0 aliphatic carbocycles. The molecule has 0 spiro atoms. The van der Waals surface area contributed by atoms with E-state index in [0.29, 0.717) is 18.4 Å². The molecular formula is C18H35NO. The van der Waals surface area contributed by atoms with Crippen LogP contribution in [-0.2, 0) is 0 Å². The van der Waals surface area contributed by atoms with Crippen molar-refractivity contribution in [2.75, 3.05) is 12.3 Å². The van der Waals surface area contributed by atoms with E-state index in [1.807, 2.05) is 32.0 Å². The van der Waals surface area contributed by atoms with Crippen LogP contribution in [0.4, 0.5) is 5.69 Å². The van der Waals surface area contributed by atoms with E-state index in [9.17, 15) is 0 Å². The summed E-state index contributed by atoms with van der Waals surface area (Å²) in [7, 11) is 0. The molecule has 0 amide bonds. The fourth-order valence-electron chi connectivity index (χ4n) is 1.29. The third kappa shape index (κ3) is 14.8. The molecule has 20 heavy (non-hydrogen) atoms. The number of hydrogen-bond donors (Lipinski definition) is 2. The van der Waals surface area contributed by atoms with E-state index in [0.717, 1.165) is 12.1 Å². The van der Waals surface area contributed by atoms with Crippen molar-refractivity contribution >= 4 is 5.69 Å². The first-order chi connectivity index (χ1) is 9.49. The number of nitrogen functional groups attached to an aromatic ring is 1. The minimum atomic E-state index is 0.331. The molecule has 118 valence electrons. The van der Waals surface area contributed by atoms with E-state index in [4.69, 9.17) is 10.8 Å². The van der Waals surface area contributed by atoms with Gasteiger partial charge < -0.3 is 10.8 Å². The Bertz CT molecular complexity index is 295. The molecule has 0 fully saturated rings. The zero-order valence-corrected chi connectivity index (χ0v) is 14.3. The maximum atomic E-state index is 8.24. The number of anilines is 1. The van der Waals surface area contributed by atoms with Gasteiger partial charge in [0.15, 0.2) is 0 Å². The summed E-state index contributed by atoms with van der Waals surface area (Å²) >= 11 is 0. The van der Waals surface area contributed by atoms with Crippen LogP contribution in [0.1, 0.15) is 59.4 Å². The van der Waals surface area contributed by atoms with Crippen molar-refractivity contribution in [3.8, 4) is 0 Å². The van der Waals surface area contributed by atoms with Crippen LogP contribution in [0.25, 0.3) is 0 Å². The molecule has 0 saturated carbocycles. The lowest BCUT2D eigenvalue weighted by molar-refractivity contribution is 0.268. The van der Waals surface area contributed by atoms with E-state index >= 15 is 0 Å². The van der Waals surface area contributed by atoms with E-state index in [1.54, 1.807) is 0 Å². The second-order valence-corrected chi connectivity index (χ2v) is 4.69. The molecule has 2 heteroatoms. The first-order valence-corrected chi connectivity index (χ1v) is 7.44. The minimum absolute atomic E-state index is 0.331. The van der Waals surface area contributed by atoms with Gasteiger partial charge >= 0.3 is 0 Å². The lowest BCUT2D eigenvalue weighted by Gasteiger charge is -2.07. The fraction of sp³-hybridized carbons (Fsp3) is 0.556. The maximum absolute atomic E-state index is 8.24. The van der Waals surface area contributed by atoms with Crippen LogP contribution < -0.4 is 5.73 Å². The number of hydrogen-bond acceptors (Lipinski definition) is 2. The quantitative estimate of drug-likeness (QED) is 0.587. The lowest BCUT2D eigenvalue weighted by atomic mass is 10.0. The van der Waals surface area contributed by atoms with Crippen molar-refractivity contribution in [3.05, 3.63) is 43.0 Å². The monoisotopic (exact) mass is 281 g/mol. The van der Waals surface area contributed by atoms with Crippen LogP contribution in [0.15, 0.2) is 37.4 Å². The largest absolute Gasteiger partial charge is 0.398 e. The summed E-state index contributed by atoms with van der Waals surface area (Å²) in [4.78, 5) is 0. The van der Waals surface area contributed by atoms with Crippen molar-refractivity contribution < 1.29 is 5.11 Å². The molecule has 0 radical (unpaired) electrons. The summed E-state index contributed by atoms with van der Waals surface area (Å²) in [5.41, 5.74) is 7.86. The lowest BCUT2D eigenvalue weighted by Crippen LogP contribution is -1.94. The first kappa shape index (κ1) is 23.8. The predicted molar refractivity (Wildman–Crippen MR) is 94.1 cm³/mol. The fourth-order valence-corrected chi connectivity index (χ4v) is 1.29. The molecule has 0 unspecified atom stereocenters. The van der Waals surface area contributed by atoms with Crippen molar-refractivity contribution in [1.82, 2.24) is 0 Å². The summed E-state index contributed by atoms with van der Waals surface area (Å²) in [5.74, 6) is 1.18. The van der Waals surface area contributed by atoms with Gasteiger partial charge in [0.1, 0.15) is 0 Å². The Balaban J connectivity index is -0.000000250. The van der Waals surface area contributed by atoms with E-state index < -0.39 is 0 Å². The highest BCUT2D eigenvalue weighted by atomic mass is 16.2. The molecule has 0 aromatic heterocycles. The van der Waals surface area contributed by atoms with Gasteiger partial charge in [0.2, 0.25) is 0 Å². The molecule has 0 atom stereocenters. The van der Waals surface area contributed by atoms with Gasteiger partial charge in [-0.1, -0.05) is 59.7 Å². The average molecular weight is 281 g/mol. The predicted octanol–water partition coefficient (Wildman–Crippen LogP) is 5.25. The second-order valence-electron chi connectivity index (χ2n) is 4.69. The number of aliphatic hydroxyl groups is 1. The van der Waals surface area contributed by atoms with Crippen LogP contribution in [-0.4, -0.2) is 11.7 Å². The van der Waals surface area contributed by atoms with Crippen molar-refractivity contribution in [2.45, 2.75) is 53.9 Å². The average Bonchev–Trinajstić information content (AvgIpc) is 2.44. The van der Waals surface area contributed by atoms with Crippen LogP contribution in [0, 0.1) is 5.92 Å². The third-order valence-corrected chi connectivity index (χ3v) is 2.32. The summed E-state index contributed by atoms with van der Waals surface area (Å²) in [5, 5.41) is 8.24. The molecule has 0 bridgehead atoms. The Morgan fingerprint density at radius 1 is 1.05 bits per heavy atom. The normalized spacial score (nSPS) is 8.65. The molecule has 1 rings (SSSR count). The molecule has 1 aromatic rings. The van der Waals surface area contributed by atoms with Gasteiger partial charge in [-0.15, -0.1) is 13.2 Å². The van der Waals surface area contributed by atoms with Crippen molar-refractivity contribution in [2.24, 2.45) is 5.92 Å². The number of rotatable bonds is 3. The van der Waals surface area contributed by atoms with Gasteiger partial charge in [-0.3, -0.25) is 0 Å². The van der Waals surface area contributed by atoms with Gasteiger partial charge in [-0.2, -0.15) is 0 Å². The van der Waals surface area contributed by atoms with Crippen molar-refractivity contribution in [1.29, 1.82) is 0 Å². The summed E-state index contributed by atoms with van der Waals surface area (Å²) in [6, 6.07) is 7.99. The Kier molecular flexibility index (Phi) is 21.1. The molecule has 3 N–H and O–H groups in total. The zero-order valence-electron chi connectivity index (χ0n) is 14.3. The Hall–Kier alpha value is -1.28. The smallest absolute Gasteiger partial charge is 0.0433 e. The molecular weight excluding hydrogens is 246 g/mol. The first-order valence-electron chi connectivity index (χ1n) is 7.44. The SMILES string of the molecule is C=C.CC.CC(C)CCO.CC(C)c1ccccc1N. The number of nitrogens with two attached hydrogens (primary N) is 1. The van der Waals surface area contributed by atoms with Crippen LogP contribution in [0.2, 0.25) is 0 Å². The Morgan fingerprint density at radius 2 is 1.50 bits per heavy atom. The van der Waals surface area contributed by atoms with Crippen LogP contribution >= 0.6 is 0 Å². The summed E-state index contributed by atoms with van der Waals surface area (Å²) < 4.78 is 0. The van der Waals surface area contributed by atoms with Gasteiger partial charge in [-0.05, 0) is 29.9 Å². The molecule has 0 aliphatic heterocycles. The van der Waals surface area contributed by atoms with Crippen LogP contribution in [0.5, 0.6) is 0 Å². The molecule has 2 nitrogen and oxygen atoms in total. The van der Waals surface area contributed by atoms with E-state index in [1.165, 1.54) is 5.56 Å². The van der Waals surface area contributed by atoms with E-state index in [-0.39, 0.29) is 0 Å². The van der Waals surface area contributed by atoms with Gasteiger partial charge in [0, 0.05) is 12.3 Å². The summed E-state index contributed by atoms with van der Waals surface area (Å²) in [6.07, 6.45) is 0.931. The standard InChI is InChI=1S/C9H13N.C5H12O.C2H6.C2H4/c1-7(2)8-5-3-4-6-9(8)10;1-5(2)3-4-6;2*1-2/h3-7H,10H2,1-2H3;5-6H,3-4H2,1-2H3;1-2H3;1-2H2. The highest BCUT2D eigenvalue weighted by Crippen LogP contribution is 2.19. The zero-order chi connectivity index (χ0) is 16.6. The number of aliphatic hydroxyl groups excluding tert-OH is 1. The highest BCUT2D eigenvalue weighted by Gasteiger charge is 2.00. The minimum Gasteiger partial charge on any atom is -0.398 e. The number of para-hydroxylation sites is 1. The third-order valence-electron chi connectivity index (χ3n) is 2.32. The highest BCUT2D eigenvalue weighted by molar-refractivity contribution is 5.47. The van der Waals surface area contributed by atoms with Crippen molar-refractivity contribution in [3.63, 3.8) is 0 Å². The topological polar surface area (TPSA) is 46.2 Å². The van der Waals surface area contributed by atoms with Gasteiger partial charge in [0.05, 0.1) is 0 Å². The van der Waals surface area contributed by atoms with Gasteiger partial charge in [0.25, 0.3) is 0 Å². The molecule has 1 aromatic carbocycles. The Morgan fingerprint density at radius 3 is 1.70 bits per heavy atom. The molecule has 0 aliphatic rings. The molecule has 0 saturated heterocycles. The Labute approximate surface area is 126 Å². The van der Waals surface area contributed by atoms with Gasteiger partial charge in [-0.25, -0.2) is 0 Å². The maximum Gasteiger partial charge on any atom is 0.0433 e. The number of benzene rings is 1. The summed E-state index contributed by atoms with van der Waals surface area (Å²) in [6.45, 7) is 18.8. The molecule has 0 heterocycles. The van der Waals surface area contributed by atoms with E-state index in [2.05, 4.69) is 46.9 Å². The second kappa shape index (κ2) is 17.7.